The maximum Gasteiger partial charge on any atom is 0.153 e. The molecule has 2 rings (SSSR count). The Bertz CT molecular complexity index is 455. The lowest BCUT2D eigenvalue weighted by Gasteiger charge is -2.03. The van der Waals surface area contributed by atoms with Crippen LogP contribution in [0.4, 0.5) is 17.5 Å². The second kappa shape index (κ2) is 3.56. The van der Waals surface area contributed by atoms with Crippen LogP contribution in [0.5, 0.6) is 0 Å². The molecule has 78 valence electrons. The van der Waals surface area contributed by atoms with Gasteiger partial charge in [-0.15, -0.1) is 0 Å². The molecular weight excluding hydrogens is 192 g/mol. The quantitative estimate of drug-likeness (QED) is 0.757. The first-order chi connectivity index (χ1) is 7.13. The van der Waals surface area contributed by atoms with Crippen molar-refractivity contribution in [3.05, 3.63) is 24.2 Å². The third-order valence-corrected chi connectivity index (χ3v) is 1.83. The van der Waals surface area contributed by atoms with Gasteiger partial charge in [0.15, 0.2) is 5.82 Å². The van der Waals surface area contributed by atoms with Crippen molar-refractivity contribution in [1.82, 2.24) is 19.7 Å². The molecule has 2 heterocycles. The molecule has 0 saturated carbocycles. The van der Waals surface area contributed by atoms with Crippen LogP contribution < -0.4 is 11.1 Å². The molecular formula is C9H12N6. The highest BCUT2D eigenvalue weighted by atomic mass is 15.3. The van der Waals surface area contributed by atoms with Gasteiger partial charge in [-0.05, 0) is 6.92 Å². The van der Waals surface area contributed by atoms with Gasteiger partial charge in [0.05, 0.1) is 0 Å². The molecule has 0 unspecified atom stereocenters. The minimum Gasteiger partial charge on any atom is -0.384 e. The van der Waals surface area contributed by atoms with E-state index >= 15 is 0 Å². The van der Waals surface area contributed by atoms with Gasteiger partial charge in [0.25, 0.3) is 0 Å². The maximum atomic E-state index is 5.60. The van der Waals surface area contributed by atoms with Crippen molar-refractivity contribution in [2.75, 3.05) is 11.1 Å². The second-order valence-electron chi connectivity index (χ2n) is 3.22. The summed E-state index contributed by atoms with van der Waals surface area (Å²) in [6.45, 7) is 1.79. The third-order valence-electron chi connectivity index (χ3n) is 1.83. The molecule has 0 aromatic carbocycles. The molecule has 6 nitrogen and oxygen atoms in total. The number of hydrogen-bond acceptors (Lipinski definition) is 5. The molecule has 0 saturated heterocycles. The van der Waals surface area contributed by atoms with E-state index in [1.54, 1.807) is 17.7 Å². The van der Waals surface area contributed by atoms with Crippen molar-refractivity contribution >= 4 is 17.5 Å². The Balaban J connectivity index is 2.24. The van der Waals surface area contributed by atoms with Crippen molar-refractivity contribution in [2.24, 2.45) is 7.05 Å². The van der Waals surface area contributed by atoms with Gasteiger partial charge < -0.3 is 11.1 Å². The molecule has 3 N–H and O–H groups in total. The smallest absolute Gasteiger partial charge is 0.153 e. The number of rotatable bonds is 2. The number of aryl methyl sites for hydroxylation is 2. The Morgan fingerprint density at radius 3 is 2.73 bits per heavy atom. The Labute approximate surface area is 87.2 Å². The highest BCUT2D eigenvalue weighted by Crippen LogP contribution is 2.13. The maximum absolute atomic E-state index is 5.60. The Hall–Kier alpha value is -2.11. The van der Waals surface area contributed by atoms with Gasteiger partial charge >= 0.3 is 0 Å². The van der Waals surface area contributed by atoms with Crippen molar-refractivity contribution in [3.63, 3.8) is 0 Å². The fourth-order valence-electron chi connectivity index (χ4n) is 1.27. The highest BCUT2D eigenvalue weighted by molar-refractivity contribution is 5.54. The molecule has 0 amide bonds. The molecule has 2 aromatic heterocycles. The van der Waals surface area contributed by atoms with Crippen molar-refractivity contribution in [3.8, 4) is 0 Å². The Morgan fingerprint density at radius 1 is 1.33 bits per heavy atom. The summed E-state index contributed by atoms with van der Waals surface area (Å²) in [5.41, 5.74) is 5.60. The van der Waals surface area contributed by atoms with Crippen molar-refractivity contribution in [2.45, 2.75) is 6.92 Å². The summed E-state index contributed by atoms with van der Waals surface area (Å²) in [5.74, 6) is 2.46. The standard InChI is InChI=1S/C9H12N6/c1-6-11-7(10)5-9(12-6)13-8-3-4-15(2)14-8/h3-5H,1-2H3,(H3,10,11,12,13,14). The predicted molar refractivity (Wildman–Crippen MR) is 57.7 cm³/mol. The number of nitrogens with two attached hydrogens (primary N) is 1. The summed E-state index contributed by atoms with van der Waals surface area (Å²) < 4.78 is 1.71. The Morgan fingerprint density at radius 2 is 2.13 bits per heavy atom. The van der Waals surface area contributed by atoms with Crippen LogP contribution >= 0.6 is 0 Å². The Kier molecular flexibility index (Phi) is 2.24. The molecule has 0 aliphatic carbocycles. The molecule has 0 spiro atoms. The molecule has 0 atom stereocenters. The van der Waals surface area contributed by atoms with E-state index in [4.69, 9.17) is 5.73 Å². The summed E-state index contributed by atoms with van der Waals surface area (Å²) in [7, 11) is 1.85. The minimum atomic E-state index is 0.445. The molecule has 0 aliphatic heterocycles. The van der Waals surface area contributed by atoms with E-state index in [-0.39, 0.29) is 0 Å². The van der Waals surface area contributed by atoms with Crippen molar-refractivity contribution < 1.29 is 0 Å². The topological polar surface area (TPSA) is 81.6 Å². The number of hydrogen-bond donors (Lipinski definition) is 2. The first-order valence-corrected chi connectivity index (χ1v) is 4.51. The van der Waals surface area contributed by atoms with Crippen LogP contribution in [-0.2, 0) is 7.05 Å². The molecule has 0 radical (unpaired) electrons. The van der Waals surface area contributed by atoms with E-state index in [1.165, 1.54) is 0 Å². The zero-order valence-electron chi connectivity index (χ0n) is 8.60. The average Bonchev–Trinajstić information content (AvgIpc) is 2.49. The molecule has 0 bridgehead atoms. The van der Waals surface area contributed by atoms with E-state index in [2.05, 4.69) is 20.4 Å². The summed E-state index contributed by atoms with van der Waals surface area (Å²) in [6, 6.07) is 3.52. The van der Waals surface area contributed by atoms with Crippen LogP contribution in [-0.4, -0.2) is 19.7 Å². The van der Waals surface area contributed by atoms with E-state index in [9.17, 15) is 0 Å². The highest BCUT2D eigenvalue weighted by Gasteiger charge is 2.01. The first-order valence-electron chi connectivity index (χ1n) is 4.51. The van der Waals surface area contributed by atoms with Gasteiger partial charge in [0.2, 0.25) is 0 Å². The van der Waals surface area contributed by atoms with E-state index in [1.807, 2.05) is 19.3 Å². The molecule has 0 aliphatic rings. The van der Waals surface area contributed by atoms with E-state index in [0.717, 1.165) is 5.82 Å². The van der Waals surface area contributed by atoms with Gasteiger partial charge in [-0.25, -0.2) is 9.97 Å². The lowest BCUT2D eigenvalue weighted by Crippen LogP contribution is -2.01. The fourth-order valence-corrected chi connectivity index (χ4v) is 1.27. The predicted octanol–water partition coefficient (Wildman–Crippen LogP) is 0.844. The average molecular weight is 204 g/mol. The van der Waals surface area contributed by atoms with Crippen LogP contribution in [0.2, 0.25) is 0 Å². The van der Waals surface area contributed by atoms with Crippen molar-refractivity contribution in [1.29, 1.82) is 0 Å². The van der Waals surface area contributed by atoms with Crippen LogP contribution in [0.1, 0.15) is 5.82 Å². The number of aromatic nitrogens is 4. The van der Waals surface area contributed by atoms with Gasteiger partial charge in [-0.3, -0.25) is 4.68 Å². The summed E-state index contributed by atoms with van der Waals surface area (Å²) in [4.78, 5) is 8.17. The van der Waals surface area contributed by atoms with Crippen LogP contribution in [0.25, 0.3) is 0 Å². The fraction of sp³-hybridized carbons (Fsp3) is 0.222. The monoisotopic (exact) mass is 204 g/mol. The van der Waals surface area contributed by atoms with Gasteiger partial charge in [-0.1, -0.05) is 0 Å². The molecule has 0 fully saturated rings. The number of nitrogens with zero attached hydrogens (tertiary/aromatic N) is 4. The lowest BCUT2D eigenvalue weighted by molar-refractivity contribution is 0.771. The summed E-state index contributed by atoms with van der Waals surface area (Å²) in [5, 5.41) is 7.21. The largest absolute Gasteiger partial charge is 0.384 e. The zero-order valence-corrected chi connectivity index (χ0v) is 8.60. The first kappa shape index (κ1) is 9.45. The third kappa shape index (κ3) is 2.22. The normalized spacial score (nSPS) is 10.3. The lowest BCUT2D eigenvalue weighted by atomic mass is 10.5. The minimum absolute atomic E-state index is 0.445. The number of nitrogens with one attached hydrogen (secondary N) is 1. The van der Waals surface area contributed by atoms with Gasteiger partial charge in [0, 0.05) is 25.4 Å². The zero-order chi connectivity index (χ0) is 10.8. The van der Waals surface area contributed by atoms with Gasteiger partial charge in [-0.2, -0.15) is 5.10 Å². The number of anilines is 3. The molecule has 15 heavy (non-hydrogen) atoms. The van der Waals surface area contributed by atoms with Crippen LogP contribution in [0, 0.1) is 6.92 Å². The van der Waals surface area contributed by atoms with E-state index < -0.39 is 0 Å². The SMILES string of the molecule is Cc1nc(N)cc(Nc2ccn(C)n2)n1. The molecule has 6 heteroatoms. The summed E-state index contributed by atoms with van der Waals surface area (Å²) in [6.07, 6.45) is 1.85. The summed E-state index contributed by atoms with van der Waals surface area (Å²) >= 11 is 0. The van der Waals surface area contributed by atoms with E-state index in [0.29, 0.717) is 17.5 Å². The van der Waals surface area contributed by atoms with Gasteiger partial charge in [0.1, 0.15) is 17.5 Å². The second-order valence-corrected chi connectivity index (χ2v) is 3.22. The molecule has 2 aromatic rings. The van der Waals surface area contributed by atoms with Crippen LogP contribution in [0.15, 0.2) is 18.3 Å². The van der Waals surface area contributed by atoms with Crippen LogP contribution in [0.3, 0.4) is 0 Å². The number of nitrogen functional groups attached to an aromatic ring is 1.